The number of methoxy groups -OCH3 is 1. The standard InChI is InChI=1S/C4H10N2O2/c1-7-2-3-4(6-5)8-3/h3-4,6H,2,5H2,1H3. The highest BCUT2D eigenvalue weighted by atomic mass is 16.6. The molecule has 2 unspecified atom stereocenters. The van der Waals surface area contributed by atoms with Crippen molar-refractivity contribution in [3.05, 3.63) is 0 Å². The topological polar surface area (TPSA) is 59.8 Å². The van der Waals surface area contributed by atoms with E-state index in [2.05, 4.69) is 5.43 Å². The van der Waals surface area contributed by atoms with E-state index in [1.54, 1.807) is 7.11 Å². The molecule has 1 saturated heterocycles. The normalized spacial score (nSPS) is 35.2. The van der Waals surface area contributed by atoms with E-state index in [1.165, 1.54) is 0 Å². The fourth-order valence-electron chi connectivity index (χ4n) is 0.581. The van der Waals surface area contributed by atoms with E-state index in [0.717, 1.165) is 0 Å². The minimum atomic E-state index is 0.0231. The van der Waals surface area contributed by atoms with Crippen molar-refractivity contribution in [3.63, 3.8) is 0 Å². The molecular weight excluding hydrogens is 108 g/mol. The Morgan fingerprint density at radius 1 is 1.88 bits per heavy atom. The third-order valence-electron chi connectivity index (χ3n) is 1.08. The lowest BCUT2D eigenvalue weighted by Crippen LogP contribution is -2.27. The highest BCUT2D eigenvalue weighted by Crippen LogP contribution is 2.17. The first kappa shape index (κ1) is 5.97. The highest BCUT2D eigenvalue weighted by Gasteiger charge is 2.37. The number of nitrogens with one attached hydrogen (secondary N) is 1. The number of epoxide rings is 1. The minimum Gasteiger partial charge on any atom is -0.382 e. The van der Waals surface area contributed by atoms with E-state index >= 15 is 0 Å². The van der Waals surface area contributed by atoms with Crippen molar-refractivity contribution in [2.24, 2.45) is 5.84 Å². The number of hydrazine groups is 1. The van der Waals surface area contributed by atoms with Crippen molar-refractivity contribution in [2.75, 3.05) is 13.7 Å². The molecule has 0 amide bonds. The van der Waals surface area contributed by atoms with E-state index in [-0.39, 0.29) is 12.3 Å². The van der Waals surface area contributed by atoms with Crippen LogP contribution < -0.4 is 11.3 Å². The average molecular weight is 118 g/mol. The van der Waals surface area contributed by atoms with Crippen LogP contribution in [0.3, 0.4) is 0 Å². The Hall–Kier alpha value is -0.160. The zero-order valence-electron chi connectivity index (χ0n) is 4.76. The summed E-state index contributed by atoms with van der Waals surface area (Å²) in [5.41, 5.74) is 2.47. The Balaban J connectivity index is 1.99. The van der Waals surface area contributed by atoms with Crippen LogP contribution in [-0.2, 0) is 9.47 Å². The Kier molecular flexibility index (Phi) is 1.80. The molecule has 0 aromatic heterocycles. The van der Waals surface area contributed by atoms with E-state index in [9.17, 15) is 0 Å². The summed E-state index contributed by atoms with van der Waals surface area (Å²) in [5, 5.41) is 0. The summed E-state index contributed by atoms with van der Waals surface area (Å²) < 4.78 is 9.72. The summed E-state index contributed by atoms with van der Waals surface area (Å²) in [5.74, 6) is 5.02. The van der Waals surface area contributed by atoms with Gasteiger partial charge in [0.05, 0.1) is 6.61 Å². The molecule has 2 atom stereocenters. The molecule has 3 N–H and O–H groups in total. The second kappa shape index (κ2) is 2.41. The van der Waals surface area contributed by atoms with Gasteiger partial charge in [0.25, 0.3) is 0 Å². The maximum atomic E-state index is 5.02. The second-order valence-electron chi connectivity index (χ2n) is 1.72. The van der Waals surface area contributed by atoms with Crippen molar-refractivity contribution >= 4 is 0 Å². The molecule has 0 aromatic rings. The predicted molar refractivity (Wildman–Crippen MR) is 27.9 cm³/mol. The van der Waals surface area contributed by atoms with Crippen LogP contribution in [0, 0.1) is 0 Å². The van der Waals surface area contributed by atoms with Gasteiger partial charge in [0.2, 0.25) is 0 Å². The molecule has 0 bridgehead atoms. The molecule has 8 heavy (non-hydrogen) atoms. The van der Waals surface area contributed by atoms with Crippen LogP contribution in [0.5, 0.6) is 0 Å². The highest BCUT2D eigenvalue weighted by molar-refractivity contribution is 4.79. The molecule has 1 aliphatic heterocycles. The number of nitrogens with two attached hydrogens (primary N) is 1. The molecule has 4 nitrogen and oxygen atoms in total. The molecule has 0 aromatic carbocycles. The third kappa shape index (κ3) is 1.16. The Morgan fingerprint density at radius 3 is 3.00 bits per heavy atom. The van der Waals surface area contributed by atoms with Crippen LogP contribution in [0.2, 0.25) is 0 Å². The molecule has 1 aliphatic rings. The van der Waals surface area contributed by atoms with Crippen LogP contribution in [0.15, 0.2) is 0 Å². The van der Waals surface area contributed by atoms with E-state index in [1.807, 2.05) is 0 Å². The van der Waals surface area contributed by atoms with Gasteiger partial charge in [0.15, 0.2) is 0 Å². The maximum Gasteiger partial charge on any atom is 0.149 e. The summed E-state index contributed by atoms with van der Waals surface area (Å²) in [6.45, 7) is 0.620. The first-order valence-corrected chi connectivity index (χ1v) is 2.49. The molecule has 4 heteroatoms. The summed E-state index contributed by atoms with van der Waals surface area (Å²) in [6, 6.07) is 0. The SMILES string of the molecule is COCC1OC1NN. The zero-order chi connectivity index (χ0) is 5.98. The van der Waals surface area contributed by atoms with Crippen molar-refractivity contribution < 1.29 is 9.47 Å². The molecular formula is C4H10N2O2. The summed E-state index contributed by atoms with van der Waals surface area (Å²) >= 11 is 0. The van der Waals surface area contributed by atoms with Gasteiger partial charge in [-0.25, -0.2) is 5.43 Å². The number of hydrogen-bond acceptors (Lipinski definition) is 4. The van der Waals surface area contributed by atoms with Crippen LogP contribution >= 0.6 is 0 Å². The summed E-state index contributed by atoms with van der Waals surface area (Å²) in [4.78, 5) is 0. The van der Waals surface area contributed by atoms with E-state index < -0.39 is 0 Å². The zero-order valence-corrected chi connectivity index (χ0v) is 4.76. The van der Waals surface area contributed by atoms with Crippen molar-refractivity contribution in [2.45, 2.75) is 12.3 Å². The Morgan fingerprint density at radius 2 is 2.62 bits per heavy atom. The second-order valence-corrected chi connectivity index (χ2v) is 1.72. The van der Waals surface area contributed by atoms with Crippen LogP contribution in [0.4, 0.5) is 0 Å². The first-order chi connectivity index (χ1) is 3.88. The maximum absolute atomic E-state index is 5.02. The molecule has 1 rings (SSSR count). The smallest absolute Gasteiger partial charge is 0.149 e. The Labute approximate surface area is 47.9 Å². The van der Waals surface area contributed by atoms with Gasteiger partial charge in [-0.1, -0.05) is 0 Å². The lowest BCUT2D eigenvalue weighted by atomic mass is 10.5. The minimum absolute atomic E-state index is 0.0231. The fraction of sp³-hybridized carbons (Fsp3) is 1.00. The van der Waals surface area contributed by atoms with Crippen molar-refractivity contribution in [1.29, 1.82) is 0 Å². The molecule has 0 spiro atoms. The van der Waals surface area contributed by atoms with Crippen LogP contribution in [-0.4, -0.2) is 26.0 Å². The summed E-state index contributed by atoms with van der Waals surface area (Å²) in [6.07, 6.45) is 0.194. The number of hydrogen-bond donors (Lipinski definition) is 2. The molecule has 1 heterocycles. The molecule has 0 radical (unpaired) electrons. The van der Waals surface area contributed by atoms with Crippen molar-refractivity contribution in [3.8, 4) is 0 Å². The lowest BCUT2D eigenvalue weighted by molar-refractivity contribution is 0.171. The number of rotatable bonds is 3. The van der Waals surface area contributed by atoms with Gasteiger partial charge in [-0.15, -0.1) is 0 Å². The van der Waals surface area contributed by atoms with E-state index in [4.69, 9.17) is 15.3 Å². The Bertz CT molecular complexity index is 78.4. The summed E-state index contributed by atoms with van der Waals surface area (Å²) in [7, 11) is 1.63. The third-order valence-corrected chi connectivity index (χ3v) is 1.08. The molecule has 48 valence electrons. The van der Waals surface area contributed by atoms with Gasteiger partial charge < -0.3 is 9.47 Å². The molecule has 0 aliphatic carbocycles. The monoisotopic (exact) mass is 118 g/mol. The lowest BCUT2D eigenvalue weighted by Gasteiger charge is -1.88. The van der Waals surface area contributed by atoms with Gasteiger partial charge in [0.1, 0.15) is 12.3 Å². The fourth-order valence-corrected chi connectivity index (χ4v) is 0.581. The predicted octanol–water partition coefficient (Wildman–Crippen LogP) is -1.18. The van der Waals surface area contributed by atoms with Gasteiger partial charge in [-0.05, 0) is 0 Å². The van der Waals surface area contributed by atoms with Crippen LogP contribution in [0.1, 0.15) is 0 Å². The van der Waals surface area contributed by atoms with Gasteiger partial charge >= 0.3 is 0 Å². The first-order valence-electron chi connectivity index (χ1n) is 2.49. The van der Waals surface area contributed by atoms with Crippen molar-refractivity contribution in [1.82, 2.24) is 5.43 Å². The van der Waals surface area contributed by atoms with Gasteiger partial charge in [-0.2, -0.15) is 0 Å². The van der Waals surface area contributed by atoms with Gasteiger partial charge in [-0.3, -0.25) is 5.84 Å². The van der Waals surface area contributed by atoms with Crippen LogP contribution in [0.25, 0.3) is 0 Å². The number of ether oxygens (including phenoxy) is 2. The quantitative estimate of drug-likeness (QED) is 0.278. The largest absolute Gasteiger partial charge is 0.382 e. The molecule has 0 saturated carbocycles. The van der Waals surface area contributed by atoms with Gasteiger partial charge in [0, 0.05) is 7.11 Å². The van der Waals surface area contributed by atoms with E-state index in [0.29, 0.717) is 6.61 Å². The average Bonchev–Trinajstić information content (AvgIpc) is 2.48. The molecule has 1 fully saturated rings.